The van der Waals surface area contributed by atoms with E-state index in [0.29, 0.717) is 10.7 Å². The Morgan fingerprint density at radius 3 is 2.85 bits per heavy atom. The fourth-order valence-corrected chi connectivity index (χ4v) is 3.64. The molecular weight excluding hydrogens is 368 g/mol. The molecule has 26 heavy (non-hydrogen) atoms. The number of ether oxygens (including phenoxy) is 1. The Morgan fingerprint density at radius 1 is 1.19 bits per heavy atom. The molecule has 2 aromatic carbocycles. The number of halogens is 1. The molecule has 0 saturated carbocycles. The van der Waals surface area contributed by atoms with Crippen molar-refractivity contribution in [2.45, 2.75) is 6.42 Å². The van der Waals surface area contributed by atoms with Crippen LogP contribution in [0.2, 0.25) is 5.02 Å². The van der Waals surface area contributed by atoms with Gasteiger partial charge in [0.05, 0.1) is 5.57 Å². The van der Waals surface area contributed by atoms with Crippen LogP contribution in [0.5, 0.6) is 5.75 Å². The summed E-state index contributed by atoms with van der Waals surface area (Å²) in [5.41, 5.74) is 2.64. The van der Waals surface area contributed by atoms with Crippen molar-refractivity contribution >= 4 is 40.1 Å². The average molecular weight is 383 g/mol. The minimum atomic E-state index is -0.188. The minimum Gasteiger partial charge on any atom is -0.488 e. The molecule has 1 aliphatic heterocycles. The second-order valence-corrected chi connectivity index (χ2v) is 7.44. The molecule has 1 aromatic heterocycles. The third-order valence-corrected chi connectivity index (χ3v) is 5.15. The fraction of sp³-hybridized carbons (Fsp3) is 0.100. The first kappa shape index (κ1) is 16.8. The van der Waals surface area contributed by atoms with E-state index in [9.17, 15) is 4.79 Å². The van der Waals surface area contributed by atoms with Crippen molar-refractivity contribution in [1.82, 2.24) is 4.98 Å². The van der Waals surface area contributed by atoms with E-state index in [0.717, 1.165) is 33.2 Å². The molecule has 0 atom stereocenters. The zero-order valence-electron chi connectivity index (χ0n) is 13.7. The molecule has 1 aliphatic rings. The topological polar surface area (TPSA) is 51.2 Å². The highest BCUT2D eigenvalue weighted by Gasteiger charge is 2.18. The molecule has 2 heterocycles. The lowest BCUT2D eigenvalue weighted by molar-refractivity contribution is -0.113. The minimum absolute atomic E-state index is 0.188. The lowest BCUT2D eigenvalue weighted by atomic mass is 10.1. The van der Waals surface area contributed by atoms with Gasteiger partial charge in [0.1, 0.15) is 12.4 Å². The predicted octanol–water partition coefficient (Wildman–Crippen LogP) is 4.80. The largest absolute Gasteiger partial charge is 0.488 e. The van der Waals surface area contributed by atoms with Gasteiger partial charge >= 0.3 is 0 Å². The Labute approximate surface area is 160 Å². The van der Waals surface area contributed by atoms with Crippen LogP contribution in [-0.2, 0) is 11.2 Å². The third-order valence-electron chi connectivity index (χ3n) is 3.99. The lowest BCUT2D eigenvalue weighted by Gasteiger charge is -2.16. The van der Waals surface area contributed by atoms with Crippen LogP contribution < -0.4 is 10.1 Å². The summed E-state index contributed by atoms with van der Waals surface area (Å²) in [6.07, 6.45) is 4.40. The zero-order chi connectivity index (χ0) is 17.9. The van der Waals surface area contributed by atoms with E-state index in [1.165, 1.54) is 11.3 Å². The number of benzene rings is 2. The van der Waals surface area contributed by atoms with E-state index in [1.807, 2.05) is 54.6 Å². The van der Waals surface area contributed by atoms with Crippen LogP contribution in [0, 0.1) is 0 Å². The highest BCUT2D eigenvalue weighted by molar-refractivity contribution is 7.15. The van der Waals surface area contributed by atoms with Crippen LogP contribution in [0.3, 0.4) is 0 Å². The first-order valence-corrected chi connectivity index (χ1v) is 9.30. The van der Waals surface area contributed by atoms with Crippen LogP contribution in [-0.4, -0.2) is 17.5 Å². The Morgan fingerprint density at radius 2 is 2.00 bits per heavy atom. The molecule has 6 heteroatoms. The number of hydrogen-bond donors (Lipinski definition) is 1. The molecule has 130 valence electrons. The number of hydrogen-bond acceptors (Lipinski definition) is 4. The van der Waals surface area contributed by atoms with E-state index >= 15 is 0 Å². The van der Waals surface area contributed by atoms with Crippen LogP contribution in [0.25, 0.3) is 6.08 Å². The standard InChI is InChI=1S/C20H15ClN2O2S/c21-16-7-5-13(6-8-16)9-17-11-22-20(26-17)23-19(24)15-10-14-3-1-2-4-18(14)25-12-15/h1-8,10-11H,9,12H2,(H,22,23,24). The summed E-state index contributed by atoms with van der Waals surface area (Å²) in [4.78, 5) is 17.8. The summed E-state index contributed by atoms with van der Waals surface area (Å²) in [5, 5.41) is 4.16. The van der Waals surface area contributed by atoms with Crippen molar-refractivity contribution in [3.63, 3.8) is 0 Å². The van der Waals surface area contributed by atoms with E-state index in [2.05, 4.69) is 10.3 Å². The maximum atomic E-state index is 12.5. The number of carbonyl (C=O) groups excluding carboxylic acids is 1. The molecular formula is C20H15ClN2O2S. The fourth-order valence-electron chi connectivity index (χ4n) is 2.68. The number of anilines is 1. The maximum Gasteiger partial charge on any atom is 0.256 e. The predicted molar refractivity (Wildman–Crippen MR) is 105 cm³/mol. The van der Waals surface area contributed by atoms with Crippen LogP contribution in [0.1, 0.15) is 16.0 Å². The van der Waals surface area contributed by atoms with E-state index in [-0.39, 0.29) is 12.5 Å². The molecule has 0 bridgehead atoms. The molecule has 0 aliphatic carbocycles. The average Bonchev–Trinajstić information content (AvgIpc) is 3.10. The number of amides is 1. The second-order valence-electron chi connectivity index (χ2n) is 5.89. The second kappa shape index (κ2) is 7.32. The van der Waals surface area contributed by atoms with Crippen molar-refractivity contribution < 1.29 is 9.53 Å². The van der Waals surface area contributed by atoms with Crippen molar-refractivity contribution in [2.75, 3.05) is 11.9 Å². The number of fused-ring (bicyclic) bond motifs is 1. The van der Waals surface area contributed by atoms with Crippen molar-refractivity contribution in [1.29, 1.82) is 0 Å². The Kier molecular flexibility index (Phi) is 4.73. The summed E-state index contributed by atoms with van der Waals surface area (Å²) in [6, 6.07) is 15.4. The normalized spacial score (nSPS) is 12.7. The quantitative estimate of drug-likeness (QED) is 0.705. The Balaban J connectivity index is 1.43. The highest BCUT2D eigenvalue weighted by Crippen LogP contribution is 2.27. The van der Waals surface area contributed by atoms with Crippen molar-refractivity contribution in [3.8, 4) is 5.75 Å². The summed E-state index contributed by atoms with van der Waals surface area (Å²) in [5.74, 6) is 0.607. The van der Waals surface area contributed by atoms with Gasteiger partial charge in [-0.15, -0.1) is 11.3 Å². The van der Waals surface area contributed by atoms with E-state index in [4.69, 9.17) is 16.3 Å². The number of nitrogens with zero attached hydrogens (tertiary/aromatic N) is 1. The monoisotopic (exact) mass is 382 g/mol. The molecule has 0 spiro atoms. The van der Waals surface area contributed by atoms with Gasteiger partial charge in [0.2, 0.25) is 0 Å². The van der Waals surface area contributed by atoms with Crippen molar-refractivity contribution in [2.24, 2.45) is 0 Å². The first-order chi connectivity index (χ1) is 12.7. The Hall–Kier alpha value is -2.63. The smallest absolute Gasteiger partial charge is 0.256 e. The van der Waals surface area contributed by atoms with Gasteiger partial charge in [-0.1, -0.05) is 41.9 Å². The van der Waals surface area contributed by atoms with Gasteiger partial charge in [-0.3, -0.25) is 10.1 Å². The van der Waals surface area contributed by atoms with E-state index < -0.39 is 0 Å². The van der Waals surface area contributed by atoms with Gasteiger partial charge in [-0.05, 0) is 29.8 Å². The maximum absolute atomic E-state index is 12.5. The molecule has 4 nitrogen and oxygen atoms in total. The van der Waals surface area contributed by atoms with Gasteiger partial charge in [0, 0.05) is 28.1 Å². The van der Waals surface area contributed by atoms with Crippen LogP contribution >= 0.6 is 22.9 Å². The molecule has 0 saturated heterocycles. The molecule has 1 amide bonds. The molecule has 4 rings (SSSR count). The van der Waals surface area contributed by atoms with Gasteiger partial charge in [0.25, 0.3) is 5.91 Å². The van der Waals surface area contributed by atoms with Gasteiger partial charge in [0.15, 0.2) is 5.13 Å². The number of carbonyl (C=O) groups is 1. The molecule has 3 aromatic rings. The summed E-state index contributed by atoms with van der Waals surface area (Å²) in [6.45, 7) is 0.256. The van der Waals surface area contributed by atoms with E-state index in [1.54, 1.807) is 6.20 Å². The van der Waals surface area contributed by atoms with Gasteiger partial charge in [-0.25, -0.2) is 4.98 Å². The first-order valence-electron chi connectivity index (χ1n) is 8.10. The SMILES string of the molecule is O=C(Nc1ncc(Cc2ccc(Cl)cc2)s1)C1=Cc2ccccc2OC1. The van der Waals surface area contributed by atoms with Crippen molar-refractivity contribution in [3.05, 3.63) is 81.3 Å². The van der Waals surface area contributed by atoms with Gasteiger partial charge < -0.3 is 4.74 Å². The molecule has 0 unspecified atom stereocenters. The number of para-hydroxylation sites is 1. The zero-order valence-corrected chi connectivity index (χ0v) is 15.3. The number of rotatable bonds is 4. The number of aromatic nitrogens is 1. The van der Waals surface area contributed by atoms with Crippen LogP contribution in [0.15, 0.2) is 60.3 Å². The number of thiazole rings is 1. The van der Waals surface area contributed by atoms with Gasteiger partial charge in [-0.2, -0.15) is 0 Å². The number of nitrogens with one attached hydrogen (secondary N) is 1. The highest BCUT2D eigenvalue weighted by atomic mass is 35.5. The molecule has 1 N–H and O–H groups in total. The Bertz CT molecular complexity index is 979. The summed E-state index contributed by atoms with van der Waals surface area (Å²) < 4.78 is 5.63. The summed E-state index contributed by atoms with van der Waals surface area (Å²) in [7, 11) is 0. The molecule has 0 fully saturated rings. The summed E-state index contributed by atoms with van der Waals surface area (Å²) >= 11 is 7.37. The lowest BCUT2D eigenvalue weighted by Crippen LogP contribution is -2.21. The molecule has 0 radical (unpaired) electrons. The third kappa shape index (κ3) is 3.79. The van der Waals surface area contributed by atoms with Crippen LogP contribution in [0.4, 0.5) is 5.13 Å².